The van der Waals surface area contributed by atoms with E-state index in [0.29, 0.717) is 33.7 Å². The lowest BCUT2D eigenvalue weighted by atomic mass is 10.1. The van der Waals surface area contributed by atoms with Crippen LogP contribution in [0.3, 0.4) is 0 Å². The van der Waals surface area contributed by atoms with Gasteiger partial charge in [-0.05, 0) is 42.3 Å². The topological polar surface area (TPSA) is 49.4 Å². The van der Waals surface area contributed by atoms with Crippen LogP contribution in [-0.2, 0) is 16.0 Å². The van der Waals surface area contributed by atoms with Gasteiger partial charge in [-0.15, -0.1) is 0 Å². The normalized spacial score (nSPS) is 10.4. The Morgan fingerprint density at radius 2 is 1.76 bits per heavy atom. The highest BCUT2D eigenvalue weighted by Gasteiger charge is 2.15. The number of hydrogen-bond donors (Lipinski definition) is 1. The molecule has 7 heteroatoms. The number of nitrogens with one attached hydrogen (secondary N) is 1. The van der Waals surface area contributed by atoms with Crippen LogP contribution in [-0.4, -0.2) is 29.8 Å². The summed E-state index contributed by atoms with van der Waals surface area (Å²) < 4.78 is 0. The highest BCUT2D eigenvalue weighted by Crippen LogP contribution is 2.25. The van der Waals surface area contributed by atoms with Crippen molar-refractivity contribution in [3.05, 3.63) is 63.1 Å². The van der Waals surface area contributed by atoms with Gasteiger partial charge < -0.3 is 10.2 Å². The minimum atomic E-state index is -0.328. The molecular formula is C18H17Cl3N2O2. The first-order valence-electron chi connectivity index (χ1n) is 7.60. The van der Waals surface area contributed by atoms with E-state index in [1.807, 2.05) is 18.2 Å². The second-order valence-electron chi connectivity index (χ2n) is 5.49. The molecule has 0 radical (unpaired) electrons. The molecule has 0 saturated carbocycles. The summed E-state index contributed by atoms with van der Waals surface area (Å²) in [7, 11) is 0. The largest absolute Gasteiger partial charge is 0.333 e. The van der Waals surface area contributed by atoms with E-state index < -0.39 is 0 Å². The molecule has 132 valence electrons. The average Bonchev–Trinajstić information content (AvgIpc) is 2.54. The predicted octanol–water partition coefficient (Wildman–Crippen LogP) is 4.68. The van der Waals surface area contributed by atoms with Crippen molar-refractivity contribution in [3.63, 3.8) is 0 Å². The van der Waals surface area contributed by atoms with Crippen molar-refractivity contribution in [3.8, 4) is 0 Å². The van der Waals surface area contributed by atoms with Gasteiger partial charge in [-0.3, -0.25) is 9.59 Å². The van der Waals surface area contributed by atoms with Crippen LogP contribution in [0.5, 0.6) is 0 Å². The van der Waals surface area contributed by atoms with E-state index in [1.54, 1.807) is 24.3 Å². The van der Waals surface area contributed by atoms with Gasteiger partial charge in [-0.1, -0.05) is 46.9 Å². The quantitative estimate of drug-likeness (QED) is 0.767. The van der Waals surface area contributed by atoms with E-state index in [4.69, 9.17) is 34.8 Å². The number of rotatable bonds is 6. The van der Waals surface area contributed by atoms with E-state index in [1.165, 1.54) is 11.8 Å². The minimum Gasteiger partial charge on any atom is -0.333 e. The Bertz CT molecular complexity index is 781. The zero-order valence-electron chi connectivity index (χ0n) is 13.6. The lowest BCUT2D eigenvalue weighted by Gasteiger charge is -2.21. The van der Waals surface area contributed by atoms with Gasteiger partial charge in [0.25, 0.3) is 0 Å². The maximum Gasteiger partial charge on any atom is 0.244 e. The molecule has 2 amide bonds. The number of anilines is 1. The van der Waals surface area contributed by atoms with Gasteiger partial charge >= 0.3 is 0 Å². The lowest BCUT2D eigenvalue weighted by molar-refractivity contribution is -0.132. The monoisotopic (exact) mass is 398 g/mol. The molecule has 0 fully saturated rings. The molecule has 2 aromatic carbocycles. The molecule has 4 nitrogen and oxygen atoms in total. The number of halogens is 3. The fraction of sp³-hybridized carbons (Fsp3) is 0.222. The van der Waals surface area contributed by atoms with Crippen molar-refractivity contribution in [1.29, 1.82) is 0 Å². The summed E-state index contributed by atoms with van der Waals surface area (Å²) in [4.78, 5) is 25.5. The summed E-state index contributed by atoms with van der Waals surface area (Å²) in [5.41, 5.74) is 1.45. The van der Waals surface area contributed by atoms with Gasteiger partial charge in [-0.25, -0.2) is 0 Å². The molecule has 0 bridgehead atoms. The fourth-order valence-electron chi connectivity index (χ4n) is 2.26. The number of amides is 2. The zero-order valence-corrected chi connectivity index (χ0v) is 15.8. The van der Waals surface area contributed by atoms with Crippen molar-refractivity contribution >= 4 is 52.3 Å². The van der Waals surface area contributed by atoms with Gasteiger partial charge in [0.15, 0.2) is 0 Å². The smallest absolute Gasteiger partial charge is 0.244 e. The van der Waals surface area contributed by atoms with Crippen LogP contribution < -0.4 is 5.32 Å². The maximum atomic E-state index is 12.2. The van der Waals surface area contributed by atoms with E-state index in [-0.39, 0.29) is 18.4 Å². The van der Waals surface area contributed by atoms with Crippen molar-refractivity contribution in [1.82, 2.24) is 4.90 Å². The average molecular weight is 400 g/mol. The van der Waals surface area contributed by atoms with E-state index in [9.17, 15) is 9.59 Å². The second-order valence-corrected chi connectivity index (χ2v) is 6.77. The van der Waals surface area contributed by atoms with Gasteiger partial charge in [0.1, 0.15) is 0 Å². The number of hydrogen-bond acceptors (Lipinski definition) is 2. The van der Waals surface area contributed by atoms with Crippen LogP contribution in [0.1, 0.15) is 12.5 Å². The summed E-state index contributed by atoms with van der Waals surface area (Å²) >= 11 is 17.8. The molecule has 0 heterocycles. The Morgan fingerprint density at radius 3 is 2.40 bits per heavy atom. The molecular weight excluding hydrogens is 383 g/mol. The van der Waals surface area contributed by atoms with Crippen LogP contribution in [0, 0.1) is 0 Å². The fourth-order valence-corrected chi connectivity index (χ4v) is 2.93. The number of nitrogens with zero attached hydrogens (tertiary/aromatic N) is 1. The van der Waals surface area contributed by atoms with E-state index >= 15 is 0 Å². The molecule has 2 rings (SSSR count). The molecule has 0 aliphatic rings. The molecule has 0 saturated heterocycles. The Labute approximate surface area is 161 Å². The van der Waals surface area contributed by atoms with Gasteiger partial charge in [0.2, 0.25) is 11.8 Å². The first-order chi connectivity index (χ1) is 11.8. The molecule has 0 aromatic heterocycles. The number of benzene rings is 2. The Kier molecular flexibility index (Phi) is 7.12. The summed E-state index contributed by atoms with van der Waals surface area (Å²) in [6.45, 7) is 1.78. The molecule has 0 spiro atoms. The van der Waals surface area contributed by atoms with Crippen LogP contribution in [0.2, 0.25) is 15.1 Å². The Balaban J connectivity index is 1.96. The van der Waals surface area contributed by atoms with Gasteiger partial charge in [-0.2, -0.15) is 0 Å². The summed E-state index contributed by atoms with van der Waals surface area (Å²) in [6, 6.07) is 12.2. The van der Waals surface area contributed by atoms with Crippen molar-refractivity contribution in [2.75, 3.05) is 18.4 Å². The second kappa shape index (κ2) is 9.09. The highest BCUT2D eigenvalue weighted by atomic mass is 35.5. The summed E-state index contributed by atoms with van der Waals surface area (Å²) in [6.07, 6.45) is 0.606. The third kappa shape index (κ3) is 6.24. The highest BCUT2D eigenvalue weighted by molar-refractivity contribution is 6.36. The van der Waals surface area contributed by atoms with Crippen LogP contribution >= 0.6 is 34.8 Å². The molecule has 2 aromatic rings. The predicted molar refractivity (Wildman–Crippen MR) is 103 cm³/mol. The first kappa shape index (κ1) is 19.6. The maximum absolute atomic E-state index is 12.2. The van der Waals surface area contributed by atoms with Crippen molar-refractivity contribution in [2.45, 2.75) is 13.3 Å². The third-order valence-corrected chi connectivity index (χ3v) is 4.33. The van der Waals surface area contributed by atoms with Gasteiger partial charge in [0, 0.05) is 23.5 Å². The Morgan fingerprint density at radius 1 is 1.04 bits per heavy atom. The first-order valence-corrected chi connectivity index (χ1v) is 8.73. The zero-order chi connectivity index (χ0) is 18.4. The summed E-state index contributed by atoms with van der Waals surface area (Å²) in [5.74, 6) is -0.509. The minimum absolute atomic E-state index is 0.0607. The Hall–Kier alpha value is -1.75. The van der Waals surface area contributed by atoms with Crippen LogP contribution in [0.4, 0.5) is 5.69 Å². The van der Waals surface area contributed by atoms with Gasteiger partial charge in [0.05, 0.1) is 17.3 Å². The van der Waals surface area contributed by atoms with E-state index in [2.05, 4.69) is 5.32 Å². The number of carbonyl (C=O) groups is 2. The standard InChI is InChI=1S/C18H17Cl3N2O2/c1-12(24)23(8-7-13-3-2-4-14(19)9-13)11-18(25)22-17-6-5-15(20)10-16(17)21/h2-6,9-10H,7-8,11H2,1H3,(H,22,25). The molecule has 0 aliphatic carbocycles. The lowest BCUT2D eigenvalue weighted by Crippen LogP contribution is -2.38. The molecule has 0 aliphatic heterocycles. The third-order valence-electron chi connectivity index (χ3n) is 3.54. The van der Waals surface area contributed by atoms with Crippen molar-refractivity contribution < 1.29 is 9.59 Å². The molecule has 0 unspecified atom stereocenters. The molecule has 0 atom stereocenters. The van der Waals surface area contributed by atoms with Crippen LogP contribution in [0.15, 0.2) is 42.5 Å². The summed E-state index contributed by atoms with van der Waals surface area (Å²) in [5, 5.41) is 4.15. The van der Waals surface area contributed by atoms with Crippen LogP contribution in [0.25, 0.3) is 0 Å². The van der Waals surface area contributed by atoms with E-state index in [0.717, 1.165) is 5.56 Å². The molecule has 1 N–H and O–H groups in total. The SMILES string of the molecule is CC(=O)N(CCc1cccc(Cl)c1)CC(=O)Nc1ccc(Cl)cc1Cl. The molecule has 25 heavy (non-hydrogen) atoms. The van der Waals surface area contributed by atoms with Crippen molar-refractivity contribution in [2.24, 2.45) is 0 Å². The number of carbonyl (C=O) groups excluding carboxylic acids is 2.